The summed E-state index contributed by atoms with van der Waals surface area (Å²) in [5.74, 6) is 1.69. The van der Waals surface area contributed by atoms with Gasteiger partial charge in [-0.2, -0.15) is 11.8 Å². The summed E-state index contributed by atoms with van der Waals surface area (Å²) < 4.78 is 9.45. The van der Waals surface area contributed by atoms with Crippen molar-refractivity contribution in [1.29, 1.82) is 0 Å². The molecule has 0 N–H and O–H groups in total. The first-order valence-corrected chi connectivity index (χ1v) is 6.09. The fraction of sp³-hybridized carbons (Fsp3) is 0.417. The van der Waals surface area contributed by atoms with Crippen LogP contribution in [0.3, 0.4) is 0 Å². The molecule has 95 valence electrons. The molecular weight excluding hydrogens is 410 g/mol. The third kappa shape index (κ3) is 7.43. The zero-order valence-corrected chi connectivity index (χ0v) is 13.3. The van der Waals surface area contributed by atoms with E-state index < -0.39 is 0 Å². The van der Waals surface area contributed by atoms with E-state index in [4.69, 9.17) is 4.74 Å². The van der Waals surface area contributed by atoms with Gasteiger partial charge in [0, 0.05) is 26.2 Å². The van der Waals surface area contributed by atoms with Gasteiger partial charge in [0.05, 0.1) is 0 Å². The standard InChI is InChI=1S/C12H15O3S.Re/c1-10(2)16-7-11-3-5-12(6-4-11)15-9-14-8-13;/h3-6,10H,7,9H2,1-2H3;/q-1;. The average Bonchev–Trinajstić information content (AvgIpc) is 2.28. The van der Waals surface area contributed by atoms with E-state index in [1.165, 1.54) is 12.0 Å². The molecule has 0 saturated carbocycles. The maximum atomic E-state index is 9.77. The van der Waals surface area contributed by atoms with Crippen molar-refractivity contribution in [1.82, 2.24) is 0 Å². The Bertz CT molecular complexity index is 314. The summed E-state index contributed by atoms with van der Waals surface area (Å²) >= 11 is 1.89. The molecule has 0 fully saturated rings. The second-order valence-corrected chi connectivity index (χ2v) is 5.06. The van der Waals surface area contributed by atoms with E-state index in [1.54, 1.807) is 0 Å². The molecule has 0 aliphatic heterocycles. The van der Waals surface area contributed by atoms with Crippen LogP contribution in [0.4, 0.5) is 0 Å². The molecule has 1 aromatic rings. The van der Waals surface area contributed by atoms with Gasteiger partial charge in [0.25, 0.3) is 0 Å². The Morgan fingerprint density at radius 2 is 1.94 bits per heavy atom. The van der Waals surface area contributed by atoms with Crippen molar-refractivity contribution in [3.05, 3.63) is 29.8 Å². The Balaban J connectivity index is 0.00000256. The molecule has 1 radical (unpaired) electrons. The van der Waals surface area contributed by atoms with Crippen molar-refractivity contribution < 1.29 is 34.7 Å². The van der Waals surface area contributed by atoms with Crippen LogP contribution in [0.5, 0.6) is 5.75 Å². The van der Waals surface area contributed by atoms with Gasteiger partial charge in [0.1, 0.15) is 5.75 Å². The van der Waals surface area contributed by atoms with Gasteiger partial charge in [-0.3, -0.25) is 0 Å². The molecule has 0 bridgehead atoms. The molecule has 3 nitrogen and oxygen atoms in total. The zero-order chi connectivity index (χ0) is 11.8. The van der Waals surface area contributed by atoms with E-state index in [1.807, 2.05) is 36.0 Å². The minimum Gasteiger partial charge on any atom is -0.626 e. The van der Waals surface area contributed by atoms with Crippen LogP contribution in [0.25, 0.3) is 0 Å². The number of hydrogen-bond acceptors (Lipinski definition) is 4. The molecule has 0 unspecified atom stereocenters. The molecular formula is C12H15O3ReS-. The molecule has 5 heteroatoms. The minimum absolute atomic E-state index is 0. The summed E-state index contributed by atoms with van der Waals surface area (Å²) in [6.45, 7) is 5.56. The smallest absolute Gasteiger partial charge is 0.199 e. The third-order valence-corrected chi connectivity index (χ3v) is 3.02. The maximum Gasteiger partial charge on any atom is 0.199 e. The first-order valence-electron chi connectivity index (χ1n) is 5.04. The van der Waals surface area contributed by atoms with Gasteiger partial charge in [-0.25, -0.2) is 0 Å². The molecule has 0 atom stereocenters. The fourth-order valence-electron chi connectivity index (χ4n) is 1.07. The number of carbonyl (C=O) groups excluding carboxylic acids is 1. The number of ether oxygens (including phenoxy) is 2. The first kappa shape index (κ1) is 16.5. The molecule has 0 saturated heterocycles. The third-order valence-electron chi connectivity index (χ3n) is 1.85. The molecule has 0 aliphatic rings. The van der Waals surface area contributed by atoms with Crippen LogP contribution in [0, 0.1) is 0 Å². The van der Waals surface area contributed by atoms with Crippen molar-refractivity contribution >= 4 is 18.2 Å². The van der Waals surface area contributed by atoms with Crippen LogP contribution < -0.4 is 4.74 Å². The molecule has 0 amide bonds. The number of thioether (sulfide) groups is 1. The van der Waals surface area contributed by atoms with E-state index in [-0.39, 0.29) is 27.2 Å². The summed E-state index contributed by atoms with van der Waals surface area (Å²) in [6.07, 6.45) is 0. The Hall–Kier alpha value is -0.498. The Kier molecular flexibility index (Phi) is 9.25. The van der Waals surface area contributed by atoms with Crippen LogP contribution in [0.15, 0.2) is 24.3 Å². The Labute approximate surface area is 120 Å². The Morgan fingerprint density at radius 3 is 2.47 bits per heavy atom. The molecule has 1 rings (SSSR count). The van der Waals surface area contributed by atoms with Crippen LogP contribution in [-0.2, 0) is 35.7 Å². The van der Waals surface area contributed by atoms with Gasteiger partial charge in [-0.1, -0.05) is 32.5 Å². The maximum absolute atomic E-state index is 9.77. The SMILES string of the molecule is CC(C)SCc1ccc(OCO[C-]=O)cc1.[Re]. The number of hydrogen-bond donors (Lipinski definition) is 0. The van der Waals surface area contributed by atoms with Crippen LogP contribution >= 0.6 is 11.8 Å². The molecule has 17 heavy (non-hydrogen) atoms. The second-order valence-electron chi connectivity index (χ2n) is 3.49. The molecule has 0 aromatic heterocycles. The summed E-state index contributed by atoms with van der Waals surface area (Å²) in [5.41, 5.74) is 1.26. The predicted octanol–water partition coefficient (Wildman–Crippen LogP) is 2.75. The summed E-state index contributed by atoms with van der Waals surface area (Å²) in [6, 6.07) is 7.75. The summed E-state index contributed by atoms with van der Waals surface area (Å²) in [7, 11) is 0. The number of benzene rings is 1. The van der Waals surface area contributed by atoms with Gasteiger partial charge in [-0.15, -0.1) is 0 Å². The predicted molar refractivity (Wildman–Crippen MR) is 65.1 cm³/mol. The molecule has 0 heterocycles. The van der Waals surface area contributed by atoms with Crippen molar-refractivity contribution in [2.45, 2.75) is 24.9 Å². The second kappa shape index (κ2) is 9.52. The van der Waals surface area contributed by atoms with E-state index >= 15 is 0 Å². The van der Waals surface area contributed by atoms with Crippen LogP contribution in [0.2, 0.25) is 0 Å². The van der Waals surface area contributed by atoms with Gasteiger partial charge >= 0.3 is 0 Å². The van der Waals surface area contributed by atoms with E-state index in [9.17, 15) is 4.79 Å². The van der Waals surface area contributed by atoms with Crippen molar-refractivity contribution in [2.24, 2.45) is 0 Å². The van der Waals surface area contributed by atoms with Gasteiger partial charge in [0.15, 0.2) is 6.79 Å². The van der Waals surface area contributed by atoms with Gasteiger partial charge in [-0.05, 0) is 22.9 Å². The largest absolute Gasteiger partial charge is 0.626 e. The van der Waals surface area contributed by atoms with E-state index in [0.717, 1.165) is 5.75 Å². The van der Waals surface area contributed by atoms with Gasteiger partial charge < -0.3 is 14.3 Å². The van der Waals surface area contributed by atoms with Crippen molar-refractivity contribution in [2.75, 3.05) is 6.79 Å². The monoisotopic (exact) mass is 426 g/mol. The topological polar surface area (TPSA) is 35.5 Å². The van der Waals surface area contributed by atoms with Crippen molar-refractivity contribution in [3.8, 4) is 5.75 Å². The van der Waals surface area contributed by atoms with Crippen LogP contribution in [-0.4, -0.2) is 18.5 Å². The normalized spacial score (nSPS) is 9.59. The van der Waals surface area contributed by atoms with E-state index in [2.05, 4.69) is 18.6 Å². The minimum atomic E-state index is -0.0937. The summed E-state index contributed by atoms with van der Waals surface area (Å²) in [4.78, 5) is 9.77. The summed E-state index contributed by atoms with van der Waals surface area (Å²) in [5, 5.41) is 0.632. The Morgan fingerprint density at radius 1 is 1.29 bits per heavy atom. The van der Waals surface area contributed by atoms with Crippen LogP contribution in [0.1, 0.15) is 19.4 Å². The zero-order valence-electron chi connectivity index (χ0n) is 9.81. The molecule has 0 spiro atoms. The first-order chi connectivity index (χ1) is 7.72. The quantitative estimate of drug-likeness (QED) is 0.382. The average molecular weight is 426 g/mol. The molecule has 0 aliphatic carbocycles. The van der Waals surface area contributed by atoms with Crippen molar-refractivity contribution in [3.63, 3.8) is 0 Å². The molecule has 1 aromatic carbocycles. The fourth-order valence-corrected chi connectivity index (χ4v) is 1.78. The number of rotatable bonds is 7. The van der Waals surface area contributed by atoms with Gasteiger partial charge in [0.2, 0.25) is 0 Å². The van der Waals surface area contributed by atoms with E-state index in [0.29, 0.717) is 11.0 Å².